The first kappa shape index (κ1) is 17.6. The van der Waals surface area contributed by atoms with Gasteiger partial charge in [0, 0.05) is 13.1 Å². The fourth-order valence-electron chi connectivity index (χ4n) is 2.92. The van der Waals surface area contributed by atoms with Crippen molar-refractivity contribution in [3.63, 3.8) is 0 Å². The summed E-state index contributed by atoms with van der Waals surface area (Å²) in [6, 6.07) is 8.70. The number of carbonyl (C=O) groups is 1. The first-order valence-electron chi connectivity index (χ1n) is 8.21. The van der Waals surface area contributed by atoms with Crippen LogP contribution in [0.25, 0.3) is 0 Å². The van der Waals surface area contributed by atoms with Crippen LogP contribution in [0, 0.1) is 5.82 Å². The fraction of sp³-hybridized carbons (Fsp3) is 0.389. The van der Waals surface area contributed by atoms with Gasteiger partial charge < -0.3 is 19.6 Å². The molecule has 2 unspecified atom stereocenters. The Morgan fingerprint density at radius 1 is 1.28 bits per heavy atom. The number of rotatable bonds is 6. The second kappa shape index (κ2) is 8.24. The molecule has 2 heterocycles. The zero-order valence-corrected chi connectivity index (χ0v) is 13.7. The van der Waals surface area contributed by atoms with Crippen molar-refractivity contribution < 1.29 is 23.4 Å². The highest BCUT2D eigenvalue weighted by Gasteiger charge is 2.29. The van der Waals surface area contributed by atoms with E-state index < -0.39 is 12.1 Å². The summed E-state index contributed by atoms with van der Waals surface area (Å²) in [4.78, 5) is 14.7. The van der Waals surface area contributed by atoms with Gasteiger partial charge in [-0.25, -0.2) is 4.39 Å². The Labute approximate surface area is 145 Å². The molecule has 0 radical (unpaired) electrons. The summed E-state index contributed by atoms with van der Waals surface area (Å²) in [6.45, 7) is 2.22. The van der Waals surface area contributed by atoms with Crippen LogP contribution in [0.5, 0.6) is 0 Å². The fourth-order valence-corrected chi connectivity index (χ4v) is 2.92. The third-order valence-electron chi connectivity index (χ3n) is 4.16. The van der Waals surface area contributed by atoms with Gasteiger partial charge in [-0.2, -0.15) is 0 Å². The van der Waals surface area contributed by atoms with E-state index in [2.05, 4.69) is 5.32 Å². The zero-order chi connectivity index (χ0) is 17.6. The van der Waals surface area contributed by atoms with Crippen molar-refractivity contribution in [2.24, 2.45) is 0 Å². The standard InChI is InChI=1S/C18H21FN2O4/c19-14-4-1-3-13(11-14)17(21-6-9-24-10-7-21)18(23)20-12-15(22)16-5-2-8-25-16/h1-5,8,11,15,17,22H,6-7,9-10,12H2,(H,20,23). The van der Waals surface area contributed by atoms with Crippen molar-refractivity contribution in [1.29, 1.82) is 0 Å². The van der Waals surface area contributed by atoms with Gasteiger partial charge in [-0.05, 0) is 29.8 Å². The van der Waals surface area contributed by atoms with Crippen molar-refractivity contribution >= 4 is 5.91 Å². The summed E-state index contributed by atoms with van der Waals surface area (Å²) in [5, 5.41) is 12.8. The average Bonchev–Trinajstić information content (AvgIpc) is 3.16. The number of benzene rings is 1. The molecule has 2 atom stereocenters. The molecule has 1 saturated heterocycles. The largest absolute Gasteiger partial charge is 0.467 e. The number of hydrogen-bond donors (Lipinski definition) is 2. The first-order chi connectivity index (χ1) is 12.1. The molecule has 6 nitrogen and oxygen atoms in total. The molecule has 1 aliphatic heterocycles. The number of morpholine rings is 1. The Kier molecular flexibility index (Phi) is 5.80. The van der Waals surface area contributed by atoms with Gasteiger partial charge in [0.2, 0.25) is 5.91 Å². The van der Waals surface area contributed by atoms with Gasteiger partial charge in [0.05, 0.1) is 26.0 Å². The quantitative estimate of drug-likeness (QED) is 0.830. The van der Waals surface area contributed by atoms with Crippen LogP contribution in [0.15, 0.2) is 47.1 Å². The molecule has 1 aromatic carbocycles. The van der Waals surface area contributed by atoms with Crippen LogP contribution in [0.2, 0.25) is 0 Å². The number of aliphatic hydroxyl groups excluding tert-OH is 1. The monoisotopic (exact) mass is 348 g/mol. The van der Waals surface area contributed by atoms with E-state index in [4.69, 9.17) is 9.15 Å². The first-order valence-corrected chi connectivity index (χ1v) is 8.21. The predicted octanol–water partition coefficient (Wildman–Crippen LogP) is 1.64. The van der Waals surface area contributed by atoms with Gasteiger partial charge in [-0.15, -0.1) is 0 Å². The summed E-state index contributed by atoms with van der Waals surface area (Å²) in [7, 11) is 0. The van der Waals surface area contributed by atoms with E-state index in [0.717, 1.165) is 0 Å². The van der Waals surface area contributed by atoms with Crippen LogP contribution in [0.4, 0.5) is 4.39 Å². The molecule has 0 bridgehead atoms. The molecule has 1 aromatic heterocycles. The second-order valence-corrected chi connectivity index (χ2v) is 5.88. The highest BCUT2D eigenvalue weighted by Crippen LogP contribution is 2.23. The summed E-state index contributed by atoms with van der Waals surface area (Å²) in [6.07, 6.45) is 0.528. The SMILES string of the molecule is O=C(NCC(O)c1ccco1)C(c1cccc(F)c1)N1CCOCC1. The Morgan fingerprint density at radius 3 is 2.76 bits per heavy atom. The van der Waals surface area contributed by atoms with Gasteiger partial charge in [-0.1, -0.05) is 12.1 Å². The zero-order valence-electron chi connectivity index (χ0n) is 13.7. The molecule has 3 rings (SSSR count). The Balaban J connectivity index is 1.72. The van der Waals surface area contributed by atoms with Gasteiger partial charge in [0.25, 0.3) is 0 Å². The minimum absolute atomic E-state index is 0.0164. The van der Waals surface area contributed by atoms with Crippen LogP contribution in [0.3, 0.4) is 0 Å². The Bertz CT molecular complexity index is 686. The van der Waals surface area contributed by atoms with Crippen molar-refractivity contribution in [3.8, 4) is 0 Å². The molecule has 25 heavy (non-hydrogen) atoms. The number of hydrogen-bond acceptors (Lipinski definition) is 5. The Hall–Kier alpha value is -2.22. The minimum atomic E-state index is -0.934. The van der Waals surface area contributed by atoms with E-state index in [1.165, 1.54) is 18.4 Å². The van der Waals surface area contributed by atoms with Gasteiger partial charge >= 0.3 is 0 Å². The molecule has 134 valence electrons. The number of amides is 1. The number of ether oxygens (including phenoxy) is 1. The third-order valence-corrected chi connectivity index (χ3v) is 4.16. The van der Waals surface area contributed by atoms with E-state index in [-0.39, 0.29) is 18.3 Å². The number of carbonyl (C=O) groups excluding carboxylic acids is 1. The van der Waals surface area contributed by atoms with Crippen LogP contribution < -0.4 is 5.32 Å². The summed E-state index contributed by atoms with van der Waals surface area (Å²) >= 11 is 0. The highest BCUT2D eigenvalue weighted by molar-refractivity contribution is 5.83. The van der Waals surface area contributed by atoms with Crippen LogP contribution >= 0.6 is 0 Å². The Morgan fingerprint density at radius 2 is 2.08 bits per heavy atom. The van der Waals surface area contributed by atoms with Gasteiger partial charge in [0.15, 0.2) is 0 Å². The lowest BCUT2D eigenvalue weighted by Gasteiger charge is -2.34. The molecular formula is C18H21FN2O4. The lowest BCUT2D eigenvalue weighted by atomic mass is 10.0. The number of furan rings is 1. The maximum atomic E-state index is 13.6. The van der Waals surface area contributed by atoms with Crippen LogP contribution in [-0.4, -0.2) is 48.8 Å². The van der Waals surface area contributed by atoms with E-state index in [0.29, 0.717) is 37.6 Å². The molecule has 1 fully saturated rings. The normalized spacial score (nSPS) is 17.8. The number of halogens is 1. The van der Waals surface area contributed by atoms with E-state index in [1.807, 2.05) is 4.90 Å². The van der Waals surface area contributed by atoms with Crippen LogP contribution in [-0.2, 0) is 9.53 Å². The molecule has 0 spiro atoms. The lowest BCUT2D eigenvalue weighted by molar-refractivity contribution is -0.129. The van der Waals surface area contributed by atoms with Crippen molar-refractivity contribution in [1.82, 2.24) is 10.2 Å². The van der Waals surface area contributed by atoms with Crippen molar-refractivity contribution in [2.45, 2.75) is 12.1 Å². The minimum Gasteiger partial charge on any atom is -0.467 e. The third kappa shape index (κ3) is 4.45. The number of aliphatic hydroxyl groups is 1. The maximum absolute atomic E-state index is 13.6. The van der Waals surface area contributed by atoms with Crippen molar-refractivity contribution in [2.75, 3.05) is 32.8 Å². The second-order valence-electron chi connectivity index (χ2n) is 5.88. The molecule has 1 aliphatic rings. The van der Waals surface area contributed by atoms with Gasteiger partial charge in [0.1, 0.15) is 23.7 Å². The molecule has 0 saturated carbocycles. The number of nitrogens with zero attached hydrogens (tertiary/aromatic N) is 1. The topological polar surface area (TPSA) is 74.9 Å². The van der Waals surface area contributed by atoms with Crippen molar-refractivity contribution in [3.05, 3.63) is 59.8 Å². The summed E-state index contributed by atoms with van der Waals surface area (Å²) < 4.78 is 24.1. The van der Waals surface area contributed by atoms with E-state index in [9.17, 15) is 14.3 Å². The average molecular weight is 348 g/mol. The highest BCUT2D eigenvalue weighted by atomic mass is 19.1. The molecule has 1 amide bonds. The predicted molar refractivity (Wildman–Crippen MR) is 88.2 cm³/mol. The van der Waals surface area contributed by atoms with Crippen LogP contribution in [0.1, 0.15) is 23.5 Å². The molecule has 2 aromatic rings. The molecule has 2 N–H and O–H groups in total. The summed E-state index contributed by atoms with van der Waals surface area (Å²) in [5.74, 6) is -0.300. The lowest BCUT2D eigenvalue weighted by Crippen LogP contribution is -2.46. The van der Waals surface area contributed by atoms with E-state index >= 15 is 0 Å². The molecule has 0 aliphatic carbocycles. The van der Waals surface area contributed by atoms with Gasteiger partial charge in [-0.3, -0.25) is 9.69 Å². The molecule has 7 heteroatoms. The maximum Gasteiger partial charge on any atom is 0.242 e. The smallest absolute Gasteiger partial charge is 0.242 e. The van der Waals surface area contributed by atoms with E-state index in [1.54, 1.807) is 24.3 Å². The number of nitrogens with one attached hydrogen (secondary N) is 1. The summed E-state index contributed by atoms with van der Waals surface area (Å²) in [5.41, 5.74) is 0.576. The molecular weight excluding hydrogens is 327 g/mol.